The molecule has 0 atom stereocenters. The minimum atomic E-state index is 0.666. The quantitative estimate of drug-likeness (QED) is 0.850. The second-order valence-corrected chi connectivity index (χ2v) is 3.62. The van der Waals surface area contributed by atoms with Gasteiger partial charge in [0.1, 0.15) is 5.82 Å². The topological polar surface area (TPSA) is 50.7 Å². The number of hydrogen-bond donors (Lipinski definition) is 1. The molecule has 2 aromatic heterocycles. The van der Waals surface area contributed by atoms with Crippen molar-refractivity contribution in [3.63, 3.8) is 0 Å². The first-order valence-electron chi connectivity index (χ1n) is 5.20. The third-order valence-electron chi connectivity index (χ3n) is 2.24. The van der Waals surface area contributed by atoms with Crippen LogP contribution in [0.3, 0.4) is 0 Å². The lowest BCUT2D eigenvalue weighted by atomic mass is 10.3. The fourth-order valence-corrected chi connectivity index (χ4v) is 1.38. The smallest absolute Gasteiger partial charge is 0.148 e. The standard InChI is InChI=1S/C12H14N4/c1-9-7-14-10(2)12(16-9)15-8-11-5-3-4-6-13-11/h3-7H,8H2,1-2H3,(H,15,16). The van der Waals surface area contributed by atoms with Crippen molar-refractivity contribution >= 4 is 5.82 Å². The van der Waals surface area contributed by atoms with Gasteiger partial charge in [-0.05, 0) is 26.0 Å². The lowest BCUT2D eigenvalue weighted by molar-refractivity contribution is 0.988. The van der Waals surface area contributed by atoms with E-state index >= 15 is 0 Å². The zero-order chi connectivity index (χ0) is 11.4. The Bertz CT molecular complexity index is 468. The van der Waals surface area contributed by atoms with Gasteiger partial charge < -0.3 is 5.32 Å². The molecule has 0 spiro atoms. The highest BCUT2D eigenvalue weighted by atomic mass is 15.0. The molecule has 0 amide bonds. The van der Waals surface area contributed by atoms with Crippen molar-refractivity contribution in [2.75, 3.05) is 5.32 Å². The molecule has 0 aliphatic carbocycles. The molecule has 4 nitrogen and oxygen atoms in total. The van der Waals surface area contributed by atoms with Crippen molar-refractivity contribution in [1.29, 1.82) is 0 Å². The Morgan fingerprint density at radius 2 is 2.06 bits per heavy atom. The summed E-state index contributed by atoms with van der Waals surface area (Å²) in [4.78, 5) is 12.9. The molecule has 0 saturated heterocycles. The minimum absolute atomic E-state index is 0.666. The van der Waals surface area contributed by atoms with Crippen molar-refractivity contribution in [2.45, 2.75) is 20.4 Å². The van der Waals surface area contributed by atoms with E-state index in [0.717, 1.165) is 22.9 Å². The van der Waals surface area contributed by atoms with Crippen LogP contribution in [0, 0.1) is 13.8 Å². The summed E-state index contributed by atoms with van der Waals surface area (Å²) in [5.41, 5.74) is 2.81. The number of nitrogens with zero attached hydrogens (tertiary/aromatic N) is 3. The predicted molar refractivity (Wildman–Crippen MR) is 63.1 cm³/mol. The molecule has 4 heteroatoms. The fraction of sp³-hybridized carbons (Fsp3) is 0.250. The summed E-state index contributed by atoms with van der Waals surface area (Å²) in [6.45, 7) is 4.53. The van der Waals surface area contributed by atoms with Gasteiger partial charge in [-0.1, -0.05) is 6.07 Å². The molecule has 82 valence electrons. The van der Waals surface area contributed by atoms with Crippen LogP contribution in [0.4, 0.5) is 5.82 Å². The number of rotatable bonds is 3. The Morgan fingerprint density at radius 3 is 2.81 bits per heavy atom. The van der Waals surface area contributed by atoms with Crippen LogP contribution >= 0.6 is 0 Å². The fourth-order valence-electron chi connectivity index (χ4n) is 1.38. The van der Waals surface area contributed by atoms with E-state index < -0.39 is 0 Å². The molecule has 2 heterocycles. The number of pyridine rings is 1. The van der Waals surface area contributed by atoms with Crippen LogP contribution in [0.25, 0.3) is 0 Å². The Morgan fingerprint density at radius 1 is 1.19 bits per heavy atom. The Kier molecular flexibility index (Phi) is 3.10. The van der Waals surface area contributed by atoms with Crippen molar-refractivity contribution in [3.8, 4) is 0 Å². The second-order valence-electron chi connectivity index (χ2n) is 3.62. The van der Waals surface area contributed by atoms with Crippen LogP contribution in [-0.2, 0) is 6.54 Å². The van der Waals surface area contributed by atoms with Crippen LogP contribution in [0.1, 0.15) is 17.1 Å². The monoisotopic (exact) mass is 214 g/mol. The van der Waals surface area contributed by atoms with Crippen molar-refractivity contribution < 1.29 is 0 Å². The molecule has 0 fully saturated rings. The molecule has 0 bridgehead atoms. The van der Waals surface area contributed by atoms with E-state index in [0.29, 0.717) is 6.54 Å². The van der Waals surface area contributed by atoms with E-state index in [1.54, 1.807) is 12.4 Å². The molecule has 1 N–H and O–H groups in total. The average molecular weight is 214 g/mol. The first-order valence-corrected chi connectivity index (χ1v) is 5.20. The van der Waals surface area contributed by atoms with Gasteiger partial charge in [0.05, 0.1) is 23.6 Å². The number of aromatic nitrogens is 3. The van der Waals surface area contributed by atoms with E-state index in [2.05, 4.69) is 20.3 Å². The Labute approximate surface area is 94.8 Å². The maximum atomic E-state index is 4.39. The maximum absolute atomic E-state index is 4.39. The number of aryl methyl sites for hydroxylation is 2. The first-order chi connectivity index (χ1) is 7.75. The summed E-state index contributed by atoms with van der Waals surface area (Å²) < 4.78 is 0. The summed E-state index contributed by atoms with van der Waals surface area (Å²) >= 11 is 0. The molecule has 0 saturated carbocycles. The highest BCUT2D eigenvalue weighted by Gasteiger charge is 2.01. The summed E-state index contributed by atoms with van der Waals surface area (Å²) in [6, 6.07) is 5.85. The van der Waals surface area contributed by atoms with Gasteiger partial charge in [-0.2, -0.15) is 0 Å². The Balaban J connectivity index is 2.08. The van der Waals surface area contributed by atoms with Gasteiger partial charge in [-0.25, -0.2) is 4.98 Å². The molecule has 0 radical (unpaired) electrons. The van der Waals surface area contributed by atoms with Crippen molar-refractivity contribution in [1.82, 2.24) is 15.0 Å². The van der Waals surface area contributed by atoms with Gasteiger partial charge in [-0.15, -0.1) is 0 Å². The van der Waals surface area contributed by atoms with Gasteiger partial charge in [0, 0.05) is 12.4 Å². The van der Waals surface area contributed by atoms with Crippen LogP contribution in [0.5, 0.6) is 0 Å². The first kappa shape index (κ1) is 10.5. The number of nitrogens with one attached hydrogen (secondary N) is 1. The van der Waals surface area contributed by atoms with Crippen molar-refractivity contribution in [2.24, 2.45) is 0 Å². The van der Waals surface area contributed by atoms with Gasteiger partial charge in [0.2, 0.25) is 0 Å². The molecule has 0 aliphatic heterocycles. The van der Waals surface area contributed by atoms with Gasteiger partial charge in [0.15, 0.2) is 0 Å². The minimum Gasteiger partial charge on any atom is -0.363 e. The SMILES string of the molecule is Cc1cnc(C)c(NCc2ccccn2)n1. The zero-order valence-corrected chi connectivity index (χ0v) is 9.44. The normalized spacial score (nSPS) is 10.1. The molecule has 2 rings (SSSR count). The van der Waals surface area contributed by atoms with Crippen LogP contribution in [0.15, 0.2) is 30.6 Å². The second kappa shape index (κ2) is 4.70. The summed E-state index contributed by atoms with van der Waals surface area (Å²) in [6.07, 6.45) is 3.55. The average Bonchev–Trinajstić information content (AvgIpc) is 2.32. The van der Waals surface area contributed by atoms with E-state index in [1.807, 2.05) is 32.0 Å². The summed E-state index contributed by atoms with van der Waals surface area (Å²) in [7, 11) is 0. The third kappa shape index (κ3) is 2.53. The van der Waals surface area contributed by atoms with Gasteiger partial charge in [-0.3, -0.25) is 9.97 Å². The highest BCUT2D eigenvalue weighted by molar-refractivity contribution is 5.39. The molecule has 0 aliphatic rings. The van der Waals surface area contributed by atoms with Crippen LogP contribution < -0.4 is 5.32 Å². The van der Waals surface area contributed by atoms with Crippen molar-refractivity contribution in [3.05, 3.63) is 47.7 Å². The molecule has 2 aromatic rings. The molecule has 0 unspecified atom stereocenters. The van der Waals surface area contributed by atoms with E-state index in [4.69, 9.17) is 0 Å². The highest BCUT2D eigenvalue weighted by Crippen LogP contribution is 2.09. The summed E-state index contributed by atoms with van der Waals surface area (Å²) in [5, 5.41) is 3.23. The van der Waals surface area contributed by atoms with Gasteiger partial charge in [0.25, 0.3) is 0 Å². The van der Waals surface area contributed by atoms with Crippen LogP contribution in [0.2, 0.25) is 0 Å². The van der Waals surface area contributed by atoms with E-state index in [-0.39, 0.29) is 0 Å². The molecular formula is C12H14N4. The maximum Gasteiger partial charge on any atom is 0.148 e. The Hall–Kier alpha value is -1.97. The zero-order valence-electron chi connectivity index (χ0n) is 9.44. The summed E-state index contributed by atoms with van der Waals surface area (Å²) in [5.74, 6) is 0.825. The predicted octanol–water partition coefficient (Wildman–Crippen LogP) is 2.10. The third-order valence-corrected chi connectivity index (χ3v) is 2.24. The lowest BCUT2D eigenvalue weighted by Gasteiger charge is -2.07. The largest absolute Gasteiger partial charge is 0.363 e. The van der Waals surface area contributed by atoms with Gasteiger partial charge >= 0.3 is 0 Å². The molecule has 16 heavy (non-hydrogen) atoms. The van der Waals surface area contributed by atoms with E-state index in [9.17, 15) is 0 Å². The lowest BCUT2D eigenvalue weighted by Crippen LogP contribution is -2.06. The molecule has 0 aromatic carbocycles. The van der Waals surface area contributed by atoms with Crippen LogP contribution in [-0.4, -0.2) is 15.0 Å². The van der Waals surface area contributed by atoms with E-state index in [1.165, 1.54) is 0 Å². The molecular weight excluding hydrogens is 200 g/mol. The number of anilines is 1. The number of hydrogen-bond acceptors (Lipinski definition) is 4.